The SMILES string of the molecule is C1=CCCC(c2nc(C3=CC4C=CC=CC4C=C3)nc(C3C=Cc4c(oc5cc(-n6c7ccccc7c7cccnc76)ccc45)C3)n2)=C1. The number of hydrogen-bond donors (Lipinski definition) is 0. The maximum atomic E-state index is 6.64. The van der Waals surface area contributed by atoms with E-state index in [4.69, 9.17) is 24.4 Å². The highest BCUT2D eigenvalue weighted by Gasteiger charge is 2.27. The third kappa shape index (κ3) is 4.40. The van der Waals surface area contributed by atoms with Crippen LogP contribution in [0.1, 0.15) is 47.6 Å². The van der Waals surface area contributed by atoms with E-state index in [1.54, 1.807) is 0 Å². The number of hydrogen-bond acceptors (Lipinski definition) is 5. The van der Waals surface area contributed by atoms with Crippen LogP contribution in [0.25, 0.3) is 55.8 Å². The molecular formula is C42H31N5O. The minimum atomic E-state index is -0.0299. The molecule has 0 aliphatic heterocycles. The largest absolute Gasteiger partial charge is 0.460 e. The third-order valence-corrected chi connectivity index (χ3v) is 10.0. The first-order chi connectivity index (χ1) is 23.8. The lowest BCUT2D eigenvalue weighted by atomic mass is 9.83. The summed E-state index contributed by atoms with van der Waals surface area (Å²) in [7, 11) is 0. The monoisotopic (exact) mass is 621 g/mol. The number of nitrogens with zero attached hydrogens (tertiary/aromatic N) is 5. The fraction of sp³-hybridized carbons (Fsp3) is 0.143. The number of fused-ring (bicyclic) bond motifs is 7. The second kappa shape index (κ2) is 10.8. The summed E-state index contributed by atoms with van der Waals surface area (Å²) in [4.78, 5) is 20.0. The predicted molar refractivity (Wildman–Crippen MR) is 192 cm³/mol. The maximum Gasteiger partial charge on any atom is 0.163 e. The van der Waals surface area contributed by atoms with Crippen LogP contribution in [0.5, 0.6) is 0 Å². The maximum absolute atomic E-state index is 6.64. The summed E-state index contributed by atoms with van der Waals surface area (Å²) in [6.45, 7) is 0. The molecule has 4 aliphatic rings. The van der Waals surface area contributed by atoms with Crippen molar-refractivity contribution in [3.05, 3.63) is 156 Å². The van der Waals surface area contributed by atoms with E-state index in [1.807, 2.05) is 12.3 Å². The van der Waals surface area contributed by atoms with Crippen LogP contribution < -0.4 is 0 Å². The van der Waals surface area contributed by atoms with Crippen molar-refractivity contribution >= 4 is 50.1 Å². The number of furan rings is 1. The molecule has 0 amide bonds. The topological polar surface area (TPSA) is 69.6 Å². The molecule has 0 N–H and O–H groups in total. The van der Waals surface area contributed by atoms with E-state index < -0.39 is 0 Å². The molecule has 10 rings (SSSR count). The van der Waals surface area contributed by atoms with Gasteiger partial charge in [0.25, 0.3) is 0 Å². The van der Waals surface area contributed by atoms with Crippen LogP contribution in [0.15, 0.2) is 132 Å². The molecule has 3 atom stereocenters. The summed E-state index contributed by atoms with van der Waals surface area (Å²) >= 11 is 0. The van der Waals surface area contributed by atoms with Crippen LogP contribution in [-0.2, 0) is 6.42 Å². The molecule has 4 aromatic heterocycles. The molecule has 230 valence electrons. The molecule has 3 unspecified atom stereocenters. The Morgan fingerprint density at radius 2 is 1.67 bits per heavy atom. The summed E-state index contributed by atoms with van der Waals surface area (Å²) in [6, 6.07) is 19.1. The Kier molecular flexibility index (Phi) is 6.16. The van der Waals surface area contributed by atoms with E-state index in [1.165, 1.54) is 5.39 Å². The summed E-state index contributed by atoms with van der Waals surface area (Å²) in [6.07, 6.45) is 30.8. The molecule has 4 heterocycles. The van der Waals surface area contributed by atoms with Gasteiger partial charge >= 0.3 is 0 Å². The first kappa shape index (κ1) is 27.3. The molecular weight excluding hydrogens is 590 g/mol. The number of rotatable bonds is 4. The molecule has 4 aliphatic carbocycles. The molecule has 0 spiro atoms. The zero-order valence-electron chi connectivity index (χ0n) is 26.2. The van der Waals surface area contributed by atoms with Crippen LogP contribution in [0.4, 0.5) is 0 Å². The van der Waals surface area contributed by atoms with Crippen molar-refractivity contribution in [1.29, 1.82) is 0 Å². The fourth-order valence-electron chi connectivity index (χ4n) is 7.59. The molecule has 48 heavy (non-hydrogen) atoms. The number of allylic oxidation sites excluding steroid dienone is 13. The van der Waals surface area contributed by atoms with Crippen LogP contribution in [-0.4, -0.2) is 24.5 Å². The molecule has 6 aromatic rings. The van der Waals surface area contributed by atoms with E-state index >= 15 is 0 Å². The second-order valence-corrected chi connectivity index (χ2v) is 12.9. The molecule has 0 saturated heterocycles. The van der Waals surface area contributed by atoms with Gasteiger partial charge in [0.15, 0.2) is 11.6 Å². The fourth-order valence-corrected chi connectivity index (χ4v) is 7.59. The molecule has 0 saturated carbocycles. The number of aromatic nitrogens is 5. The lowest BCUT2D eigenvalue weighted by molar-refractivity contribution is 0.526. The minimum Gasteiger partial charge on any atom is -0.460 e. The van der Waals surface area contributed by atoms with Crippen molar-refractivity contribution in [2.45, 2.75) is 25.2 Å². The van der Waals surface area contributed by atoms with Gasteiger partial charge in [0.05, 0.1) is 11.2 Å². The van der Waals surface area contributed by atoms with E-state index in [0.717, 1.165) is 86.0 Å². The third-order valence-electron chi connectivity index (χ3n) is 10.0. The van der Waals surface area contributed by atoms with Gasteiger partial charge in [-0.15, -0.1) is 0 Å². The standard InChI is InChI=1S/C42H31N5O/c1-2-10-27(11-3-1)39-44-40(29-17-16-26-9-4-5-12-28(26)23-29)46-41(45-39)30-18-20-33-34-21-19-31(25-38(34)48-37(33)24-30)47-36-15-7-6-13-32(36)35-14-8-22-43-42(35)47/h1-2,4-10,12-23,25-26,28,30H,3,11,24H2. The molecule has 0 bridgehead atoms. The van der Waals surface area contributed by atoms with Gasteiger partial charge in [-0.3, -0.25) is 4.57 Å². The number of para-hydroxylation sites is 1. The summed E-state index contributed by atoms with van der Waals surface area (Å²) in [5, 5.41) is 3.43. The normalized spacial score (nSPS) is 21.1. The van der Waals surface area contributed by atoms with Crippen LogP contribution in [0.3, 0.4) is 0 Å². The highest BCUT2D eigenvalue weighted by Crippen LogP contribution is 2.39. The number of pyridine rings is 1. The zero-order chi connectivity index (χ0) is 31.6. The average molecular weight is 622 g/mol. The van der Waals surface area contributed by atoms with Crippen molar-refractivity contribution in [2.75, 3.05) is 0 Å². The summed E-state index contributed by atoms with van der Waals surface area (Å²) in [5.41, 5.74) is 7.28. The Labute approximate surface area is 277 Å². The lowest BCUT2D eigenvalue weighted by Crippen LogP contribution is -2.16. The van der Waals surface area contributed by atoms with E-state index in [0.29, 0.717) is 18.3 Å². The smallest absolute Gasteiger partial charge is 0.163 e. The van der Waals surface area contributed by atoms with E-state index in [-0.39, 0.29) is 5.92 Å². The van der Waals surface area contributed by atoms with Crippen molar-refractivity contribution in [2.24, 2.45) is 11.8 Å². The Balaban J connectivity index is 1.03. The van der Waals surface area contributed by atoms with Gasteiger partial charge in [0.1, 0.15) is 22.8 Å². The van der Waals surface area contributed by atoms with Crippen LogP contribution in [0, 0.1) is 11.8 Å². The quantitative estimate of drug-likeness (QED) is 0.196. The van der Waals surface area contributed by atoms with Gasteiger partial charge in [0.2, 0.25) is 0 Å². The van der Waals surface area contributed by atoms with Gasteiger partial charge < -0.3 is 4.42 Å². The highest BCUT2D eigenvalue weighted by molar-refractivity contribution is 6.08. The highest BCUT2D eigenvalue weighted by atomic mass is 16.3. The Morgan fingerprint density at radius 1 is 0.771 bits per heavy atom. The first-order valence-electron chi connectivity index (χ1n) is 16.7. The predicted octanol–water partition coefficient (Wildman–Crippen LogP) is 9.51. The molecule has 0 radical (unpaired) electrons. The van der Waals surface area contributed by atoms with Gasteiger partial charge in [0, 0.05) is 63.7 Å². The lowest BCUT2D eigenvalue weighted by Gasteiger charge is -2.23. The van der Waals surface area contributed by atoms with Gasteiger partial charge in [-0.05, 0) is 48.7 Å². The van der Waals surface area contributed by atoms with E-state index in [9.17, 15) is 0 Å². The minimum absolute atomic E-state index is 0.0299. The van der Waals surface area contributed by atoms with Crippen molar-refractivity contribution in [3.8, 4) is 5.69 Å². The summed E-state index contributed by atoms with van der Waals surface area (Å²) in [5.74, 6) is 3.89. The Bertz CT molecular complexity index is 2460. The van der Waals surface area contributed by atoms with Crippen molar-refractivity contribution in [1.82, 2.24) is 24.5 Å². The number of benzene rings is 2. The molecule has 2 aromatic carbocycles. The molecule has 0 fully saturated rings. The molecule has 6 heteroatoms. The average Bonchev–Trinajstić information content (AvgIpc) is 3.69. The first-order valence-corrected chi connectivity index (χ1v) is 16.7. The van der Waals surface area contributed by atoms with Crippen molar-refractivity contribution in [3.63, 3.8) is 0 Å². The van der Waals surface area contributed by atoms with Gasteiger partial charge in [-0.1, -0.05) is 91.1 Å². The van der Waals surface area contributed by atoms with Gasteiger partial charge in [-0.25, -0.2) is 19.9 Å². The van der Waals surface area contributed by atoms with Crippen molar-refractivity contribution < 1.29 is 4.42 Å². The van der Waals surface area contributed by atoms with Gasteiger partial charge in [-0.2, -0.15) is 0 Å². The summed E-state index contributed by atoms with van der Waals surface area (Å²) < 4.78 is 8.87. The van der Waals surface area contributed by atoms with Crippen LogP contribution in [0.2, 0.25) is 0 Å². The molecule has 6 nitrogen and oxygen atoms in total. The van der Waals surface area contributed by atoms with E-state index in [2.05, 4.69) is 126 Å². The zero-order valence-corrected chi connectivity index (χ0v) is 26.2. The second-order valence-electron chi connectivity index (χ2n) is 12.9. The Hall–Kier alpha value is -5.88. The Morgan fingerprint density at radius 3 is 2.60 bits per heavy atom. The van der Waals surface area contributed by atoms with Crippen LogP contribution >= 0.6 is 0 Å².